The molecule has 0 fully saturated rings. The third-order valence-electron chi connectivity index (χ3n) is 2.91. The molecule has 1 N–H and O–H groups in total. The van der Waals surface area contributed by atoms with E-state index >= 15 is 0 Å². The van der Waals surface area contributed by atoms with Crippen LogP contribution in [0, 0.1) is 0 Å². The lowest BCUT2D eigenvalue weighted by atomic mass is 10.1. The number of hydrogen-bond acceptors (Lipinski definition) is 2. The van der Waals surface area contributed by atoms with Crippen LogP contribution in [-0.4, -0.2) is 24.9 Å². The molecule has 1 rings (SSSR count). The molecule has 0 atom stereocenters. The van der Waals surface area contributed by atoms with Gasteiger partial charge in [0.1, 0.15) is 0 Å². The number of benzene rings is 1. The maximum atomic E-state index is 11.8. The number of amides is 1. The molecule has 0 spiro atoms. The van der Waals surface area contributed by atoms with Crippen molar-refractivity contribution >= 4 is 5.91 Å². The molecule has 1 aromatic carbocycles. The highest BCUT2D eigenvalue weighted by Crippen LogP contribution is 2.10. The molecule has 0 radical (unpaired) electrons. The topological polar surface area (TPSA) is 32.3 Å². The van der Waals surface area contributed by atoms with E-state index in [0.717, 1.165) is 18.5 Å². The normalized spacial score (nSPS) is 11.7. The number of nitrogens with zero attached hydrogens (tertiary/aromatic N) is 1. The van der Waals surface area contributed by atoms with Crippen molar-refractivity contribution in [1.29, 1.82) is 0 Å². The number of nitrogens with one attached hydrogen (secondary N) is 1. The molecule has 3 nitrogen and oxygen atoms in total. The summed E-state index contributed by atoms with van der Waals surface area (Å²) in [5.41, 5.74) is 3.21. The second-order valence-corrected chi connectivity index (χ2v) is 4.98. The summed E-state index contributed by atoms with van der Waals surface area (Å²) in [5.74, 6) is 0.0153. The van der Waals surface area contributed by atoms with Crippen molar-refractivity contribution in [3.63, 3.8) is 0 Å². The van der Waals surface area contributed by atoms with Crippen LogP contribution in [0.3, 0.4) is 0 Å². The van der Waals surface area contributed by atoms with Crippen molar-refractivity contribution in [2.75, 3.05) is 14.1 Å². The molecule has 104 valence electrons. The predicted octanol–water partition coefficient (Wildman–Crippen LogP) is 2.72. The van der Waals surface area contributed by atoms with E-state index in [1.165, 1.54) is 11.1 Å². The molecule has 0 saturated heterocycles. The average molecular weight is 260 g/mol. The van der Waals surface area contributed by atoms with E-state index in [2.05, 4.69) is 22.3 Å². The van der Waals surface area contributed by atoms with Crippen molar-refractivity contribution in [2.45, 2.75) is 33.4 Å². The van der Waals surface area contributed by atoms with Gasteiger partial charge in [-0.1, -0.05) is 37.3 Å². The van der Waals surface area contributed by atoms with Crippen LogP contribution in [0.1, 0.15) is 31.4 Å². The van der Waals surface area contributed by atoms with Crippen LogP contribution in [0.25, 0.3) is 0 Å². The molecule has 0 heterocycles. The van der Waals surface area contributed by atoms with Gasteiger partial charge >= 0.3 is 0 Å². The summed E-state index contributed by atoms with van der Waals surface area (Å²) < 4.78 is 0. The Bertz CT molecular complexity index is 450. The first-order valence-corrected chi connectivity index (χ1v) is 6.71. The highest BCUT2D eigenvalue weighted by Gasteiger charge is 2.06. The van der Waals surface area contributed by atoms with Gasteiger partial charge in [-0.15, -0.1) is 0 Å². The van der Waals surface area contributed by atoms with E-state index in [-0.39, 0.29) is 5.91 Å². The van der Waals surface area contributed by atoms with E-state index in [4.69, 9.17) is 0 Å². The fourth-order valence-corrected chi connectivity index (χ4v) is 1.94. The maximum absolute atomic E-state index is 11.8. The van der Waals surface area contributed by atoms with Gasteiger partial charge in [-0.2, -0.15) is 0 Å². The highest BCUT2D eigenvalue weighted by molar-refractivity contribution is 5.92. The number of carbonyl (C=O) groups is 1. The van der Waals surface area contributed by atoms with Crippen molar-refractivity contribution in [2.24, 2.45) is 0 Å². The Hall–Kier alpha value is -1.61. The molecule has 0 aliphatic carbocycles. The summed E-state index contributed by atoms with van der Waals surface area (Å²) in [7, 11) is 4.09. The minimum Gasteiger partial charge on any atom is -0.348 e. The smallest absolute Gasteiger partial charge is 0.246 e. The third kappa shape index (κ3) is 5.26. The number of carbonyl (C=O) groups excluding carboxylic acids is 1. The van der Waals surface area contributed by atoms with E-state index in [0.29, 0.717) is 6.54 Å². The molecule has 0 saturated carbocycles. The third-order valence-corrected chi connectivity index (χ3v) is 2.91. The van der Waals surface area contributed by atoms with E-state index in [9.17, 15) is 4.79 Å². The zero-order valence-corrected chi connectivity index (χ0v) is 12.4. The molecule has 0 aliphatic rings. The van der Waals surface area contributed by atoms with Crippen LogP contribution in [0.4, 0.5) is 0 Å². The van der Waals surface area contributed by atoms with Crippen molar-refractivity contribution in [3.05, 3.63) is 47.0 Å². The predicted molar refractivity (Wildman–Crippen MR) is 79.7 cm³/mol. The second kappa shape index (κ2) is 7.74. The minimum atomic E-state index is 0.0153. The van der Waals surface area contributed by atoms with Crippen LogP contribution >= 0.6 is 0 Å². The fourth-order valence-electron chi connectivity index (χ4n) is 1.94. The number of rotatable bonds is 6. The zero-order chi connectivity index (χ0) is 14.3. The van der Waals surface area contributed by atoms with Crippen LogP contribution in [0.2, 0.25) is 0 Å². The molecule has 0 aliphatic heterocycles. The van der Waals surface area contributed by atoms with Gasteiger partial charge in [-0.25, -0.2) is 0 Å². The summed E-state index contributed by atoms with van der Waals surface area (Å²) in [5, 5.41) is 2.97. The van der Waals surface area contributed by atoms with E-state index < -0.39 is 0 Å². The van der Waals surface area contributed by atoms with Gasteiger partial charge in [-0.3, -0.25) is 4.79 Å². The Kier molecular flexibility index (Phi) is 6.30. The lowest BCUT2D eigenvalue weighted by molar-refractivity contribution is -0.117. The fraction of sp³-hybridized carbons (Fsp3) is 0.438. The second-order valence-electron chi connectivity index (χ2n) is 4.98. The van der Waals surface area contributed by atoms with Crippen molar-refractivity contribution < 1.29 is 4.79 Å². The standard InChI is InChI=1S/C16H24N2O/c1-5-8-13(2)16(19)17-11-14-9-6-7-10-15(14)12-18(3)4/h6-10H,5,11-12H2,1-4H3,(H,17,19)/b13-8+. The molecule has 0 aromatic heterocycles. The van der Waals surface area contributed by atoms with E-state index in [1.54, 1.807) is 0 Å². The average Bonchev–Trinajstić information content (AvgIpc) is 2.37. The Morgan fingerprint density at radius 2 is 1.89 bits per heavy atom. The largest absolute Gasteiger partial charge is 0.348 e. The van der Waals surface area contributed by atoms with Crippen LogP contribution in [-0.2, 0) is 17.9 Å². The first-order chi connectivity index (χ1) is 9.04. The molecular weight excluding hydrogens is 236 g/mol. The maximum Gasteiger partial charge on any atom is 0.246 e. The van der Waals surface area contributed by atoms with Crippen molar-refractivity contribution in [3.8, 4) is 0 Å². The quantitative estimate of drug-likeness (QED) is 0.798. The summed E-state index contributed by atoms with van der Waals surface area (Å²) in [4.78, 5) is 14.0. The lowest BCUT2D eigenvalue weighted by Gasteiger charge is -2.14. The van der Waals surface area contributed by atoms with Crippen LogP contribution < -0.4 is 5.32 Å². The zero-order valence-electron chi connectivity index (χ0n) is 12.4. The monoisotopic (exact) mass is 260 g/mol. The Morgan fingerprint density at radius 3 is 2.47 bits per heavy atom. The summed E-state index contributed by atoms with van der Waals surface area (Å²) in [6.45, 7) is 5.35. The molecule has 1 amide bonds. The Balaban J connectivity index is 2.67. The van der Waals surface area contributed by atoms with Crippen molar-refractivity contribution in [1.82, 2.24) is 10.2 Å². The van der Waals surface area contributed by atoms with Gasteiger partial charge < -0.3 is 10.2 Å². The van der Waals surface area contributed by atoms with Gasteiger partial charge in [0, 0.05) is 18.7 Å². The van der Waals surface area contributed by atoms with Gasteiger partial charge in [0.2, 0.25) is 5.91 Å². The molecule has 1 aromatic rings. The van der Waals surface area contributed by atoms with Gasteiger partial charge in [0.25, 0.3) is 0 Å². The highest BCUT2D eigenvalue weighted by atomic mass is 16.1. The molecule has 3 heteroatoms. The van der Waals surface area contributed by atoms with Gasteiger partial charge in [0.05, 0.1) is 0 Å². The first kappa shape index (κ1) is 15.4. The SMILES string of the molecule is CC/C=C(\C)C(=O)NCc1ccccc1CN(C)C. The van der Waals surface area contributed by atoms with Crippen LogP contribution in [0.5, 0.6) is 0 Å². The summed E-state index contributed by atoms with van der Waals surface area (Å²) in [6, 6.07) is 8.22. The summed E-state index contributed by atoms with van der Waals surface area (Å²) in [6.07, 6.45) is 2.83. The minimum absolute atomic E-state index is 0.0153. The lowest BCUT2D eigenvalue weighted by Crippen LogP contribution is -2.24. The van der Waals surface area contributed by atoms with Gasteiger partial charge in [-0.05, 0) is 38.6 Å². The summed E-state index contributed by atoms with van der Waals surface area (Å²) >= 11 is 0. The van der Waals surface area contributed by atoms with Crippen LogP contribution in [0.15, 0.2) is 35.9 Å². The number of allylic oxidation sites excluding steroid dienone is 1. The molecular formula is C16H24N2O. The Labute approximate surface area is 116 Å². The molecule has 0 unspecified atom stereocenters. The van der Waals surface area contributed by atoms with Gasteiger partial charge in [0.15, 0.2) is 0 Å². The molecule has 19 heavy (non-hydrogen) atoms. The Morgan fingerprint density at radius 1 is 1.26 bits per heavy atom. The molecule has 0 bridgehead atoms. The van der Waals surface area contributed by atoms with E-state index in [1.807, 2.05) is 46.2 Å². The number of hydrogen-bond donors (Lipinski definition) is 1. The first-order valence-electron chi connectivity index (χ1n) is 6.71.